The van der Waals surface area contributed by atoms with Gasteiger partial charge in [-0.15, -0.1) is 0 Å². The van der Waals surface area contributed by atoms with Gasteiger partial charge < -0.3 is 5.41 Å². The Morgan fingerprint density at radius 2 is 1.62 bits per heavy atom. The van der Waals surface area contributed by atoms with Crippen molar-refractivity contribution >= 4 is 17.0 Å². The Labute approximate surface area is 145 Å². The summed E-state index contributed by atoms with van der Waals surface area (Å²) >= 11 is 0. The molecule has 1 N–H and O–H groups in total. The minimum atomic E-state index is 0.0123. The molecular formula is C23H27N. The van der Waals surface area contributed by atoms with Crippen molar-refractivity contribution in [3.05, 3.63) is 69.8 Å². The maximum Gasteiger partial charge on any atom is 0.0253 e. The lowest BCUT2D eigenvalue weighted by Crippen LogP contribution is -2.20. The topological polar surface area (TPSA) is 23.9 Å². The molecule has 1 heteroatoms. The molecule has 0 saturated heterocycles. The van der Waals surface area contributed by atoms with E-state index in [0.717, 1.165) is 18.4 Å². The first kappa shape index (κ1) is 16.7. The van der Waals surface area contributed by atoms with Crippen molar-refractivity contribution in [2.24, 2.45) is 0 Å². The summed E-state index contributed by atoms with van der Waals surface area (Å²) in [5.74, 6) is 0. The molecular weight excluding hydrogens is 290 g/mol. The van der Waals surface area contributed by atoms with Gasteiger partial charge in [0.25, 0.3) is 0 Å². The van der Waals surface area contributed by atoms with E-state index in [4.69, 9.17) is 5.41 Å². The molecule has 0 bridgehead atoms. The molecule has 124 valence electrons. The Kier molecular flexibility index (Phi) is 4.21. The second kappa shape index (κ2) is 6.05. The van der Waals surface area contributed by atoms with Gasteiger partial charge in [0.1, 0.15) is 0 Å². The summed E-state index contributed by atoms with van der Waals surface area (Å²) in [6, 6.07) is 12.9. The van der Waals surface area contributed by atoms with E-state index in [1.807, 2.05) is 0 Å². The van der Waals surface area contributed by atoms with E-state index < -0.39 is 0 Å². The van der Waals surface area contributed by atoms with Crippen LogP contribution in [-0.2, 0) is 5.41 Å². The fraction of sp³-hybridized carbons (Fsp3) is 0.348. The molecule has 3 rings (SSSR count). The Balaban J connectivity index is 2.04. The van der Waals surface area contributed by atoms with Gasteiger partial charge in [0.15, 0.2) is 0 Å². The standard InChI is InChI=1S/C23H27N/c1-15-10-20(17(3)16(15)2)13-23(4,5)22-12-19-9-7-6-8-18(19)11-21(22)14-24/h6-9,11-12,14,24H,10,13H2,1-5H3. The summed E-state index contributed by atoms with van der Waals surface area (Å²) < 4.78 is 0. The predicted molar refractivity (Wildman–Crippen MR) is 105 cm³/mol. The lowest BCUT2D eigenvalue weighted by atomic mass is 9.75. The molecule has 0 saturated carbocycles. The van der Waals surface area contributed by atoms with Crippen LogP contribution < -0.4 is 0 Å². The Morgan fingerprint density at radius 3 is 2.17 bits per heavy atom. The van der Waals surface area contributed by atoms with Crippen LogP contribution in [0.1, 0.15) is 58.6 Å². The van der Waals surface area contributed by atoms with Crippen molar-refractivity contribution in [1.29, 1.82) is 5.41 Å². The highest BCUT2D eigenvalue weighted by molar-refractivity contribution is 5.92. The summed E-state index contributed by atoms with van der Waals surface area (Å²) in [6.45, 7) is 11.4. The van der Waals surface area contributed by atoms with Crippen LogP contribution in [0.3, 0.4) is 0 Å². The van der Waals surface area contributed by atoms with Gasteiger partial charge >= 0.3 is 0 Å². The third-order valence-electron chi connectivity index (χ3n) is 5.67. The molecule has 0 amide bonds. The summed E-state index contributed by atoms with van der Waals surface area (Å²) in [5.41, 5.74) is 8.32. The van der Waals surface area contributed by atoms with Crippen LogP contribution in [0.4, 0.5) is 0 Å². The number of rotatable bonds is 4. The number of nitrogens with one attached hydrogen (secondary N) is 1. The molecule has 0 aromatic heterocycles. The number of benzene rings is 2. The van der Waals surface area contributed by atoms with Crippen LogP contribution in [0.5, 0.6) is 0 Å². The maximum atomic E-state index is 7.88. The van der Waals surface area contributed by atoms with E-state index in [9.17, 15) is 0 Å². The molecule has 0 spiro atoms. The molecule has 0 fully saturated rings. The van der Waals surface area contributed by atoms with Gasteiger partial charge in [-0.25, -0.2) is 0 Å². The van der Waals surface area contributed by atoms with Crippen LogP contribution in [0, 0.1) is 5.41 Å². The first-order chi connectivity index (χ1) is 11.3. The fourth-order valence-electron chi connectivity index (χ4n) is 3.96. The van der Waals surface area contributed by atoms with Crippen LogP contribution in [0.25, 0.3) is 10.8 Å². The average molecular weight is 317 g/mol. The molecule has 0 atom stereocenters. The molecule has 1 aliphatic carbocycles. The molecule has 1 nitrogen and oxygen atoms in total. The summed E-state index contributed by atoms with van der Waals surface area (Å²) in [5, 5.41) is 10.3. The summed E-state index contributed by atoms with van der Waals surface area (Å²) in [4.78, 5) is 0. The zero-order valence-electron chi connectivity index (χ0n) is 15.5. The molecule has 2 aromatic carbocycles. The molecule has 24 heavy (non-hydrogen) atoms. The molecule has 0 heterocycles. The van der Waals surface area contributed by atoms with Gasteiger partial charge in [-0.05, 0) is 84.2 Å². The highest BCUT2D eigenvalue weighted by atomic mass is 14.4. The third-order valence-corrected chi connectivity index (χ3v) is 5.67. The Hall–Kier alpha value is -2.15. The van der Waals surface area contributed by atoms with E-state index in [1.165, 1.54) is 39.3 Å². The fourth-order valence-corrected chi connectivity index (χ4v) is 3.96. The largest absolute Gasteiger partial charge is 0.308 e. The monoisotopic (exact) mass is 317 g/mol. The van der Waals surface area contributed by atoms with Crippen LogP contribution in [0.2, 0.25) is 0 Å². The molecule has 0 radical (unpaired) electrons. The predicted octanol–water partition coefficient (Wildman–Crippen LogP) is 6.56. The second-order valence-corrected chi connectivity index (χ2v) is 7.80. The number of allylic oxidation sites excluding steroid dienone is 4. The van der Waals surface area contributed by atoms with Crippen molar-refractivity contribution in [2.45, 2.75) is 52.9 Å². The zero-order valence-corrected chi connectivity index (χ0v) is 15.5. The summed E-state index contributed by atoms with van der Waals surface area (Å²) in [7, 11) is 0. The minimum absolute atomic E-state index is 0.0123. The lowest BCUT2D eigenvalue weighted by Gasteiger charge is -2.29. The van der Waals surface area contributed by atoms with Crippen LogP contribution in [-0.4, -0.2) is 6.21 Å². The van der Waals surface area contributed by atoms with E-state index in [2.05, 4.69) is 71.0 Å². The van der Waals surface area contributed by atoms with Crippen LogP contribution >= 0.6 is 0 Å². The van der Waals surface area contributed by atoms with Gasteiger partial charge in [0, 0.05) is 6.21 Å². The molecule has 0 unspecified atom stereocenters. The van der Waals surface area contributed by atoms with Gasteiger partial charge in [-0.1, -0.05) is 49.3 Å². The SMILES string of the molecule is CC1=C(C)C(C)=C(CC(C)(C)c2cc3ccccc3cc2C=N)C1. The highest BCUT2D eigenvalue weighted by Crippen LogP contribution is 2.41. The summed E-state index contributed by atoms with van der Waals surface area (Å²) in [6.07, 6.45) is 3.66. The smallest absolute Gasteiger partial charge is 0.0253 e. The van der Waals surface area contributed by atoms with Crippen molar-refractivity contribution in [3.63, 3.8) is 0 Å². The van der Waals surface area contributed by atoms with Crippen molar-refractivity contribution in [2.75, 3.05) is 0 Å². The van der Waals surface area contributed by atoms with Gasteiger partial charge in [0.2, 0.25) is 0 Å². The zero-order chi connectivity index (χ0) is 17.5. The number of fused-ring (bicyclic) bond motifs is 1. The highest BCUT2D eigenvalue weighted by Gasteiger charge is 2.28. The van der Waals surface area contributed by atoms with E-state index in [-0.39, 0.29) is 5.41 Å². The Morgan fingerprint density at radius 1 is 1.00 bits per heavy atom. The van der Waals surface area contributed by atoms with Gasteiger partial charge in [-0.2, -0.15) is 0 Å². The maximum absolute atomic E-state index is 7.88. The van der Waals surface area contributed by atoms with Gasteiger partial charge in [-0.3, -0.25) is 0 Å². The number of hydrogen-bond acceptors (Lipinski definition) is 1. The first-order valence-electron chi connectivity index (χ1n) is 8.72. The minimum Gasteiger partial charge on any atom is -0.308 e. The van der Waals surface area contributed by atoms with Gasteiger partial charge in [0.05, 0.1) is 0 Å². The van der Waals surface area contributed by atoms with Crippen molar-refractivity contribution in [1.82, 2.24) is 0 Å². The third kappa shape index (κ3) is 2.84. The van der Waals surface area contributed by atoms with Crippen molar-refractivity contribution < 1.29 is 0 Å². The molecule has 0 aliphatic heterocycles. The van der Waals surface area contributed by atoms with Crippen molar-refractivity contribution in [3.8, 4) is 0 Å². The Bertz CT molecular complexity index is 878. The quantitative estimate of drug-likeness (QED) is 0.617. The first-order valence-corrected chi connectivity index (χ1v) is 8.72. The molecule has 2 aromatic rings. The van der Waals surface area contributed by atoms with E-state index in [1.54, 1.807) is 5.57 Å². The molecule has 1 aliphatic rings. The second-order valence-electron chi connectivity index (χ2n) is 7.80. The average Bonchev–Trinajstić information content (AvgIpc) is 2.80. The van der Waals surface area contributed by atoms with E-state index >= 15 is 0 Å². The van der Waals surface area contributed by atoms with E-state index in [0.29, 0.717) is 0 Å². The van der Waals surface area contributed by atoms with Crippen LogP contribution in [0.15, 0.2) is 58.7 Å². The normalized spacial score (nSPS) is 15.5. The lowest BCUT2D eigenvalue weighted by molar-refractivity contribution is 0.514. The number of hydrogen-bond donors (Lipinski definition) is 1.